The van der Waals surface area contributed by atoms with E-state index in [1.807, 2.05) is 30.5 Å². The molecule has 1 aliphatic heterocycles. The lowest BCUT2D eigenvalue weighted by molar-refractivity contribution is -0.111. The number of nitrogens with zero attached hydrogens (tertiary/aromatic N) is 4. The molecule has 1 fully saturated rings. The Bertz CT molecular complexity index is 1030. The fraction of sp³-hybridized carbons (Fsp3) is 0.458. The molecule has 0 unspecified atom stereocenters. The van der Waals surface area contributed by atoms with Crippen LogP contribution in [0.2, 0.25) is 0 Å². The van der Waals surface area contributed by atoms with Crippen molar-refractivity contribution in [1.29, 1.82) is 0 Å². The van der Waals surface area contributed by atoms with Crippen LogP contribution in [0.5, 0.6) is 5.88 Å². The molecule has 2 aromatic heterocycles. The Morgan fingerprint density at radius 1 is 1.19 bits per heavy atom. The summed E-state index contributed by atoms with van der Waals surface area (Å²) in [6.07, 6.45) is 10.3. The average Bonchev–Trinajstić information content (AvgIpc) is 3.13. The van der Waals surface area contributed by atoms with E-state index >= 15 is 0 Å². The summed E-state index contributed by atoms with van der Waals surface area (Å²) in [6, 6.07) is 5.84. The number of carbonyl (C=O) groups excluding carboxylic acids is 1. The maximum atomic E-state index is 12.2. The Morgan fingerprint density at radius 2 is 2.03 bits per heavy atom. The third-order valence-electron chi connectivity index (χ3n) is 5.79. The first kappa shape index (κ1) is 21.5. The molecule has 1 N–H and O–H groups in total. The topological polar surface area (TPSA) is 79.4 Å². The summed E-state index contributed by atoms with van der Waals surface area (Å²) < 4.78 is 7.88. The third kappa shape index (κ3) is 5.11. The number of aliphatic hydroxyl groups excluding tert-OH is 1. The predicted octanol–water partition coefficient (Wildman–Crippen LogP) is 3.50. The highest BCUT2D eigenvalue weighted by Crippen LogP contribution is 2.33. The number of hydrogen-bond donors (Lipinski definition) is 1. The number of aromatic nitrogens is 2. The van der Waals surface area contributed by atoms with Gasteiger partial charge in [0.05, 0.1) is 11.2 Å². The molecular formula is C24H30N4O3. The van der Waals surface area contributed by atoms with Crippen LogP contribution in [0, 0.1) is 0 Å². The van der Waals surface area contributed by atoms with Crippen LogP contribution < -0.4 is 4.74 Å². The SMILES string of the molecule is CC1=CC(=Nc2c(OCCN3CCCCC3)nn3ccccc23)C(CCCO)=CC1=O. The summed E-state index contributed by atoms with van der Waals surface area (Å²) in [6.45, 7) is 5.55. The van der Waals surface area contributed by atoms with Gasteiger partial charge in [0, 0.05) is 19.3 Å². The van der Waals surface area contributed by atoms with Gasteiger partial charge < -0.3 is 9.84 Å². The molecule has 7 nitrogen and oxygen atoms in total. The quantitative estimate of drug-likeness (QED) is 0.659. The summed E-state index contributed by atoms with van der Waals surface area (Å²) in [5.74, 6) is 0.491. The first-order chi connectivity index (χ1) is 15.2. The molecule has 0 aromatic carbocycles. The zero-order valence-electron chi connectivity index (χ0n) is 18.1. The first-order valence-electron chi connectivity index (χ1n) is 11.1. The first-order valence-corrected chi connectivity index (χ1v) is 11.1. The van der Waals surface area contributed by atoms with Gasteiger partial charge in [0.2, 0.25) is 0 Å². The van der Waals surface area contributed by atoms with E-state index in [9.17, 15) is 9.90 Å². The van der Waals surface area contributed by atoms with Crippen molar-refractivity contribution < 1.29 is 14.6 Å². The van der Waals surface area contributed by atoms with Crippen LogP contribution in [-0.4, -0.2) is 64.0 Å². The molecule has 0 spiro atoms. The van der Waals surface area contributed by atoms with E-state index < -0.39 is 0 Å². The molecule has 4 rings (SSSR count). The fourth-order valence-electron chi connectivity index (χ4n) is 4.03. The normalized spacial score (nSPS) is 19.0. The van der Waals surface area contributed by atoms with Crippen LogP contribution in [0.25, 0.3) is 5.52 Å². The number of ketones is 1. The molecule has 31 heavy (non-hydrogen) atoms. The second-order valence-corrected chi connectivity index (χ2v) is 8.12. The molecule has 1 aliphatic carbocycles. The molecule has 2 aromatic rings. The van der Waals surface area contributed by atoms with E-state index in [-0.39, 0.29) is 12.4 Å². The minimum atomic E-state index is -0.00948. The molecule has 2 aliphatic rings. The van der Waals surface area contributed by atoms with Crippen LogP contribution in [-0.2, 0) is 4.79 Å². The van der Waals surface area contributed by atoms with Crippen LogP contribution in [0.1, 0.15) is 39.0 Å². The van der Waals surface area contributed by atoms with Gasteiger partial charge in [-0.1, -0.05) is 12.5 Å². The van der Waals surface area contributed by atoms with Crippen LogP contribution in [0.4, 0.5) is 5.69 Å². The van der Waals surface area contributed by atoms with Crippen molar-refractivity contribution in [3.63, 3.8) is 0 Å². The van der Waals surface area contributed by atoms with Crippen molar-refractivity contribution in [2.45, 2.75) is 39.0 Å². The Balaban J connectivity index is 1.62. The van der Waals surface area contributed by atoms with Crippen molar-refractivity contribution in [1.82, 2.24) is 14.5 Å². The van der Waals surface area contributed by atoms with Gasteiger partial charge in [-0.25, -0.2) is 9.51 Å². The van der Waals surface area contributed by atoms with Gasteiger partial charge in [0.25, 0.3) is 5.88 Å². The number of fused-ring (bicyclic) bond motifs is 1. The Labute approximate surface area is 182 Å². The van der Waals surface area contributed by atoms with Crippen LogP contribution in [0.15, 0.2) is 52.7 Å². The predicted molar refractivity (Wildman–Crippen MR) is 121 cm³/mol. The maximum Gasteiger partial charge on any atom is 0.260 e. The summed E-state index contributed by atoms with van der Waals surface area (Å²) in [5.41, 5.74) is 3.73. The summed E-state index contributed by atoms with van der Waals surface area (Å²) in [5, 5.41) is 13.8. The van der Waals surface area contributed by atoms with E-state index in [1.165, 1.54) is 19.3 Å². The molecule has 7 heteroatoms. The molecule has 1 saturated heterocycles. The van der Waals surface area contributed by atoms with Crippen LogP contribution >= 0.6 is 0 Å². The Hall–Kier alpha value is -2.77. The van der Waals surface area contributed by atoms with E-state index in [0.29, 0.717) is 36.6 Å². The highest BCUT2D eigenvalue weighted by atomic mass is 16.5. The summed E-state index contributed by atoms with van der Waals surface area (Å²) in [4.78, 5) is 19.5. The molecule has 3 heterocycles. The van der Waals surface area contributed by atoms with Crippen molar-refractivity contribution in [3.05, 3.63) is 47.7 Å². The molecule has 0 atom stereocenters. The van der Waals surface area contributed by atoms with Gasteiger partial charge in [-0.3, -0.25) is 9.69 Å². The number of allylic oxidation sites excluding steroid dienone is 4. The maximum absolute atomic E-state index is 12.2. The fourth-order valence-corrected chi connectivity index (χ4v) is 4.03. The number of pyridine rings is 1. The summed E-state index contributed by atoms with van der Waals surface area (Å²) >= 11 is 0. The van der Waals surface area contributed by atoms with Gasteiger partial charge in [-0.15, -0.1) is 5.10 Å². The number of rotatable bonds is 8. The number of aliphatic hydroxyl groups is 1. The molecule has 0 amide bonds. The highest BCUT2D eigenvalue weighted by Gasteiger charge is 2.20. The molecule has 0 radical (unpaired) electrons. The minimum absolute atomic E-state index is 0.00948. The minimum Gasteiger partial charge on any atom is -0.474 e. The second-order valence-electron chi connectivity index (χ2n) is 8.12. The molecule has 0 saturated carbocycles. The Kier molecular flexibility index (Phi) is 6.94. The lowest BCUT2D eigenvalue weighted by Crippen LogP contribution is -2.33. The number of piperidine rings is 1. The zero-order valence-corrected chi connectivity index (χ0v) is 18.1. The van der Waals surface area contributed by atoms with E-state index in [1.54, 1.807) is 17.5 Å². The van der Waals surface area contributed by atoms with Crippen molar-refractivity contribution in [2.75, 3.05) is 32.8 Å². The number of hydrogen-bond acceptors (Lipinski definition) is 6. The number of likely N-dealkylation sites (tertiary alicyclic amines) is 1. The molecule has 164 valence electrons. The highest BCUT2D eigenvalue weighted by molar-refractivity contribution is 6.22. The largest absolute Gasteiger partial charge is 0.474 e. The van der Waals surface area contributed by atoms with Crippen molar-refractivity contribution in [3.8, 4) is 5.88 Å². The third-order valence-corrected chi connectivity index (χ3v) is 5.79. The van der Waals surface area contributed by atoms with E-state index in [0.717, 1.165) is 36.4 Å². The standard InChI is InChI=1S/C24H30N4O3/c1-18-16-20(19(8-7-14-29)17-22(18)30)25-23-21-9-3-6-12-28(21)26-24(23)31-15-13-27-10-4-2-5-11-27/h3,6,9,12,16-17,29H,2,4-5,7-8,10-11,13-15H2,1H3. The number of aliphatic imine (C=N–C) groups is 1. The van der Waals surface area contributed by atoms with Gasteiger partial charge in [0.1, 0.15) is 6.61 Å². The van der Waals surface area contributed by atoms with E-state index in [4.69, 9.17) is 9.73 Å². The smallest absolute Gasteiger partial charge is 0.260 e. The lowest BCUT2D eigenvalue weighted by Gasteiger charge is -2.25. The zero-order chi connectivity index (χ0) is 21.6. The van der Waals surface area contributed by atoms with Gasteiger partial charge in [-0.05, 0) is 81.1 Å². The lowest BCUT2D eigenvalue weighted by atomic mass is 9.94. The average molecular weight is 423 g/mol. The number of ether oxygens (including phenoxy) is 1. The van der Waals surface area contributed by atoms with Gasteiger partial charge in [-0.2, -0.15) is 0 Å². The summed E-state index contributed by atoms with van der Waals surface area (Å²) in [7, 11) is 0. The van der Waals surface area contributed by atoms with Crippen molar-refractivity contribution >= 4 is 22.7 Å². The Morgan fingerprint density at radius 3 is 2.84 bits per heavy atom. The van der Waals surface area contributed by atoms with Crippen LogP contribution in [0.3, 0.4) is 0 Å². The molecule has 0 bridgehead atoms. The second kappa shape index (κ2) is 10.0. The van der Waals surface area contributed by atoms with Gasteiger partial charge >= 0.3 is 0 Å². The van der Waals surface area contributed by atoms with Gasteiger partial charge in [0.15, 0.2) is 11.5 Å². The van der Waals surface area contributed by atoms with Crippen molar-refractivity contribution in [2.24, 2.45) is 4.99 Å². The van der Waals surface area contributed by atoms with E-state index in [2.05, 4.69) is 10.00 Å². The molecular weight excluding hydrogens is 392 g/mol. The number of carbonyl (C=O) groups is 1. The monoisotopic (exact) mass is 422 g/mol.